The van der Waals surface area contributed by atoms with E-state index in [1.54, 1.807) is 12.0 Å². The molecule has 2 aromatic rings. The Morgan fingerprint density at radius 2 is 1.69 bits per heavy atom. The number of amides is 2. The molecule has 32 heavy (non-hydrogen) atoms. The molecular weight excluding hydrogens is 437 g/mol. The number of urea groups is 1. The second kappa shape index (κ2) is 11.1. The molecule has 0 saturated carbocycles. The molecule has 3 rings (SSSR count). The topological polar surface area (TPSA) is 88.2 Å². The van der Waals surface area contributed by atoms with Gasteiger partial charge in [-0.25, -0.2) is 17.6 Å². The second-order valence-electron chi connectivity index (χ2n) is 7.31. The summed E-state index contributed by atoms with van der Waals surface area (Å²) in [5.41, 5.74) is 0. The van der Waals surface area contributed by atoms with Crippen molar-refractivity contribution in [2.45, 2.75) is 17.7 Å². The molecule has 0 aliphatic carbocycles. The van der Waals surface area contributed by atoms with Gasteiger partial charge in [0.15, 0.2) is 0 Å². The highest BCUT2D eigenvalue weighted by Crippen LogP contribution is 2.19. The average molecular weight is 466 g/mol. The lowest BCUT2D eigenvalue weighted by Gasteiger charge is -2.22. The Bertz CT molecular complexity index is 984. The molecule has 1 fully saturated rings. The van der Waals surface area contributed by atoms with E-state index in [0.717, 1.165) is 23.6 Å². The summed E-state index contributed by atoms with van der Waals surface area (Å²) in [6, 6.07) is 11.8. The van der Waals surface area contributed by atoms with Gasteiger partial charge in [-0.05, 0) is 61.4 Å². The van der Waals surface area contributed by atoms with Crippen molar-refractivity contribution in [3.8, 4) is 11.5 Å². The van der Waals surface area contributed by atoms with Gasteiger partial charge in [0.05, 0.1) is 18.6 Å². The van der Waals surface area contributed by atoms with Crippen molar-refractivity contribution in [1.29, 1.82) is 0 Å². The monoisotopic (exact) mass is 465 g/mol. The first kappa shape index (κ1) is 23.8. The van der Waals surface area contributed by atoms with E-state index >= 15 is 0 Å². The van der Waals surface area contributed by atoms with E-state index in [2.05, 4.69) is 5.32 Å². The third kappa shape index (κ3) is 6.33. The molecule has 174 valence electrons. The first-order valence-corrected chi connectivity index (χ1v) is 11.9. The van der Waals surface area contributed by atoms with Gasteiger partial charge < -0.3 is 19.7 Å². The van der Waals surface area contributed by atoms with Crippen molar-refractivity contribution in [3.63, 3.8) is 0 Å². The number of hydrogen-bond donors (Lipinski definition) is 1. The van der Waals surface area contributed by atoms with E-state index in [1.807, 2.05) is 24.3 Å². The van der Waals surface area contributed by atoms with E-state index in [0.29, 0.717) is 39.1 Å². The van der Waals surface area contributed by atoms with Gasteiger partial charge in [-0.1, -0.05) is 0 Å². The van der Waals surface area contributed by atoms with Crippen LogP contribution in [0.1, 0.15) is 12.8 Å². The van der Waals surface area contributed by atoms with Crippen molar-refractivity contribution < 1.29 is 27.1 Å². The van der Waals surface area contributed by atoms with Crippen LogP contribution in [0.25, 0.3) is 0 Å². The fraction of sp³-hybridized carbons (Fsp3) is 0.409. The molecular formula is C22H28FN3O5S. The Morgan fingerprint density at radius 3 is 2.38 bits per heavy atom. The number of nitrogens with one attached hydrogen (secondary N) is 1. The maximum absolute atomic E-state index is 13.1. The molecule has 10 heteroatoms. The minimum Gasteiger partial charge on any atom is -0.497 e. The molecule has 1 aliphatic rings. The molecule has 8 nitrogen and oxygen atoms in total. The molecule has 0 atom stereocenters. The molecule has 0 radical (unpaired) electrons. The molecule has 1 saturated heterocycles. The van der Waals surface area contributed by atoms with Gasteiger partial charge in [0.2, 0.25) is 10.0 Å². The summed E-state index contributed by atoms with van der Waals surface area (Å²) >= 11 is 0. The van der Waals surface area contributed by atoms with Crippen LogP contribution in [0.5, 0.6) is 11.5 Å². The summed E-state index contributed by atoms with van der Waals surface area (Å²) in [5, 5.41) is 2.85. The van der Waals surface area contributed by atoms with Crippen LogP contribution in [0.15, 0.2) is 53.4 Å². The molecule has 1 aliphatic heterocycles. The Hall–Kier alpha value is -2.85. The fourth-order valence-electron chi connectivity index (χ4n) is 3.33. The van der Waals surface area contributed by atoms with Crippen LogP contribution < -0.4 is 14.8 Å². The number of halogens is 1. The van der Waals surface area contributed by atoms with Gasteiger partial charge >= 0.3 is 6.03 Å². The summed E-state index contributed by atoms with van der Waals surface area (Å²) in [6.07, 6.45) is 1.16. The van der Waals surface area contributed by atoms with E-state index in [1.165, 1.54) is 16.4 Å². The predicted octanol–water partition coefficient (Wildman–Crippen LogP) is 2.71. The number of hydrogen-bond acceptors (Lipinski definition) is 5. The number of nitrogens with zero attached hydrogens (tertiary/aromatic N) is 2. The Morgan fingerprint density at radius 1 is 1.00 bits per heavy atom. The van der Waals surface area contributed by atoms with Gasteiger partial charge in [0, 0.05) is 32.7 Å². The molecule has 0 unspecified atom stereocenters. The maximum Gasteiger partial charge on any atom is 0.317 e. The summed E-state index contributed by atoms with van der Waals surface area (Å²) in [5.74, 6) is 0.996. The van der Waals surface area contributed by atoms with Crippen molar-refractivity contribution in [1.82, 2.24) is 14.5 Å². The van der Waals surface area contributed by atoms with Crippen molar-refractivity contribution >= 4 is 16.1 Å². The number of carbonyl (C=O) groups excluding carboxylic acids is 1. The quantitative estimate of drug-likeness (QED) is 0.606. The zero-order valence-electron chi connectivity index (χ0n) is 18.0. The Kier molecular flexibility index (Phi) is 8.29. The Balaban J connectivity index is 1.41. The minimum atomic E-state index is -3.72. The van der Waals surface area contributed by atoms with Crippen LogP contribution in [0.4, 0.5) is 9.18 Å². The molecule has 1 heterocycles. The van der Waals surface area contributed by atoms with Crippen LogP contribution in [-0.2, 0) is 10.0 Å². The number of ether oxygens (including phenoxy) is 2. The molecule has 0 bridgehead atoms. The zero-order chi connectivity index (χ0) is 23.0. The van der Waals surface area contributed by atoms with Crippen molar-refractivity contribution in [2.24, 2.45) is 0 Å². The standard InChI is InChI=1S/C22H28FN3O5S/c1-30-19-6-8-20(9-7-19)31-17-2-12-24-22(27)25-13-3-14-26(16-15-25)32(28,29)21-10-4-18(23)5-11-21/h4-11H,2-3,12-17H2,1H3,(H,24,27). The molecule has 2 aromatic carbocycles. The number of methoxy groups -OCH3 is 1. The number of carbonyl (C=O) groups is 1. The third-order valence-electron chi connectivity index (χ3n) is 5.12. The van der Waals surface area contributed by atoms with E-state index in [-0.39, 0.29) is 24.0 Å². The lowest BCUT2D eigenvalue weighted by atomic mass is 10.3. The van der Waals surface area contributed by atoms with E-state index < -0.39 is 15.8 Å². The highest BCUT2D eigenvalue weighted by molar-refractivity contribution is 7.89. The largest absolute Gasteiger partial charge is 0.497 e. The van der Waals surface area contributed by atoms with Gasteiger partial charge in [0.25, 0.3) is 0 Å². The average Bonchev–Trinajstić information content (AvgIpc) is 3.06. The van der Waals surface area contributed by atoms with E-state index in [9.17, 15) is 17.6 Å². The van der Waals surface area contributed by atoms with Crippen molar-refractivity contribution in [2.75, 3.05) is 46.4 Å². The summed E-state index contributed by atoms with van der Waals surface area (Å²) in [4.78, 5) is 14.1. The van der Waals surface area contributed by atoms with Gasteiger partial charge in [-0.2, -0.15) is 4.31 Å². The van der Waals surface area contributed by atoms with Crippen LogP contribution in [0.3, 0.4) is 0 Å². The summed E-state index contributed by atoms with van der Waals surface area (Å²) in [6.45, 7) is 2.14. The highest BCUT2D eigenvalue weighted by atomic mass is 32.2. The zero-order valence-corrected chi connectivity index (χ0v) is 18.8. The smallest absolute Gasteiger partial charge is 0.317 e. The summed E-state index contributed by atoms with van der Waals surface area (Å²) < 4.78 is 50.8. The fourth-order valence-corrected chi connectivity index (χ4v) is 4.80. The van der Waals surface area contributed by atoms with E-state index in [4.69, 9.17) is 9.47 Å². The molecule has 0 aromatic heterocycles. The molecule has 1 N–H and O–H groups in total. The predicted molar refractivity (Wildman–Crippen MR) is 118 cm³/mol. The lowest BCUT2D eigenvalue weighted by Crippen LogP contribution is -2.43. The lowest BCUT2D eigenvalue weighted by molar-refractivity contribution is 0.199. The number of rotatable bonds is 8. The van der Waals surface area contributed by atoms with Crippen molar-refractivity contribution in [3.05, 3.63) is 54.3 Å². The first-order valence-electron chi connectivity index (χ1n) is 10.5. The third-order valence-corrected chi connectivity index (χ3v) is 7.03. The van der Waals surface area contributed by atoms with Crippen LogP contribution in [-0.4, -0.2) is 70.1 Å². The highest BCUT2D eigenvalue weighted by Gasteiger charge is 2.28. The first-order chi connectivity index (χ1) is 15.4. The molecule has 2 amide bonds. The van der Waals surface area contributed by atoms with Gasteiger partial charge in [0.1, 0.15) is 17.3 Å². The number of benzene rings is 2. The van der Waals surface area contributed by atoms with Crippen LogP contribution in [0.2, 0.25) is 0 Å². The maximum atomic E-state index is 13.1. The van der Waals surface area contributed by atoms with Gasteiger partial charge in [-0.15, -0.1) is 0 Å². The molecule has 0 spiro atoms. The number of sulfonamides is 1. The van der Waals surface area contributed by atoms with Crippen LogP contribution >= 0.6 is 0 Å². The normalized spacial score (nSPS) is 15.1. The van der Waals surface area contributed by atoms with Gasteiger partial charge in [-0.3, -0.25) is 0 Å². The Labute approximate surface area is 188 Å². The second-order valence-corrected chi connectivity index (χ2v) is 9.25. The van der Waals surface area contributed by atoms with Crippen LogP contribution in [0, 0.1) is 5.82 Å². The summed E-state index contributed by atoms with van der Waals surface area (Å²) in [7, 11) is -2.12. The SMILES string of the molecule is COc1ccc(OCCCNC(=O)N2CCCN(S(=O)(=O)c3ccc(F)cc3)CC2)cc1. The minimum absolute atomic E-state index is 0.0497.